The zero-order valence-corrected chi connectivity index (χ0v) is 15.8. The maximum absolute atomic E-state index is 12.8. The van der Waals surface area contributed by atoms with E-state index in [1.165, 1.54) is 19.5 Å². The lowest BCUT2D eigenvalue weighted by molar-refractivity contribution is 0.0263. The number of rotatable bonds is 4. The summed E-state index contributed by atoms with van der Waals surface area (Å²) >= 11 is 0. The molecule has 1 aromatic heterocycles. The molecule has 0 radical (unpaired) electrons. The van der Waals surface area contributed by atoms with Crippen LogP contribution in [0.4, 0.5) is 0 Å². The first-order chi connectivity index (χ1) is 13.0. The molecule has 142 valence electrons. The Morgan fingerprint density at radius 3 is 2.33 bits per heavy atom. The van der Waals surface area contributed by atoms with E-state index in [0.29, 0.717) is 11.3 Å². The Kier molecular flexibility index (Phi) is 5.81. The molecule has 0 spiro atoms. The molecule has 0 N–H and O–H groups in total. The number of esters is 1. The van der Waals surface area contributed by atoms with E-state index in [2.05, 4.69) is 28.7 Å². The van der Waals surface area contributed by atoms with Crippen molar-refractivity contribution in [2.24, 2.45) is 0 Å². The van der Waals surface area contributed by atoms with E-state index in [0.717, 1.165) is 25.2 Å². The van der Waals surface area contributed by atoms with Crippen molar-refractivity contribution in [1.29, 1.82) is 0 Å². The van der Waals surface area contributed by atoms with Crippen molar-refractivity contribution in [1.82, 2.24) is 19.8 Å². The summed E-state index contributed by atoms with van der Waals surface area (Å²) in [6.07, 6.45) is 4.61. The highest BCUT2D eigenvalue weighted by Gasteiger charge is 2.33. The predicted octanol–water partition coefficient (Wildman–Crippen LogP) is 2.00. The summed E-state index contributed by atoms with van der Waals surface area (Å²) in [7, 11) is 1.38. The number of benzene rings is 1. The summed E-state index contributed by atoms with van der Waals surface area (Å²) < 4.78 is 4.73. The number of nitrogens with zero attached hydrogens (tertiary/aromatic N) is 4. The van der Waals surface area contributed by atoms with Crippen LogP contribution in [0.15, 0.2) is 42.9 Å². The Morgan fingerprint density at radius 1 is 1.11 bits per heavy atom. The van der Waals surface area contributed by atoms with Crippen molar-refractivity contribution < 1.29 is 14.3 Å². The van der Waals surface area contributed by atoms with Gasteiger partial charge >= 0.3 is 5.97 Å². The summed E-state index contributed by atoms with van der Waals surface area (Å²) in [6, 6.07) is 7.58. The molecule has 0 unspecified atom stereocenters. The van der Waals surface area contributed by atoms with Crippen molar-refractivity contribution in [3.63, 3.8) is 0 Å². The number of aromatic nitrogens is 2. The quantitative estimate of drug-likeness (QED) is 0.769. The van der Waals surface area contributed by atoms with Gasteiger partial charge in [0.25, 0.3) is 5.91 Å². The summed E-state index contributed by atoms with van der Waals surface area (Å²) in [5.74, 6) is -0.412. The monoisotopic (exact) mass is 368 g/mol. The predicted molar refractivity (Wildman–Crippen MR) is 100 cm³/mol. The smallest absolute Gasteiger partial charge is 0.337 e. The van der Waals surface area contributed by atoms with E-state index in [1.54, 1.807) is 18.3 Å². The third-order valence-electron chi connectivity index (χ3n) is 4.79. The Labute approximate surface area is 159 Å². The summed E-state index contributed by atoms with van der Waals surface area (Å²) in [5.41, 5.74) is 2.04. The van der Waals surface area contributed by atoms with Gasteiger partial charge in [-0.25, -0.2) is 9.78 Å². The second-order valence-electron chi connectivity index (χ2n) is 6.88. The van der Waals surface area contributed by atoms with Crippen LogP contribution in [0.2, 0.25) is 0 Å². The molecule has 1 aliphatic rings. The molecule has 1 aliphatic heterocycles. The Bertz CT molecular complexity index is 783. The van der Waals surface area contributed by atoms with Crippen LogP contribution in [0.5, 0.6) is 0 Å². The maximum Gasteiger partial charge on any atom is 0.337 e. The molecule has 2 atom stereocenters. The van der Waals surface area contributed by atoms with E-state index >= 15 is 0 Å². The van der Waals surface area contributed by atoms with E-state index in [1.807, 2.05) is 17.0 Å². The standard InChI is InChI=1S/C20H24N4O3/c1-14-11-23(13-16-4-6-17(7-5-16)20(26)27-3)12-15(2)24(14)19(25)18-10-21-8-9-22-18/h4-10,14-15H,11-13H2,1-3H3/t14-,15+. The number of carbonyl (C=O) groups excluding carboxylic acids is 2. The molecular formula is C20H24N4O3. The maximum atomic E-state index is 12.8. The van der Waals surface area contributed by atoms with E-state index in [9.17, 15) is 9.59 Å². The summed E-state index contributed by atoms with van der Waals surface area (Å²) in [4.78, 5) is 36.7. The Balaban J connectivity index is 1.65. The normalized spacial score (nSPS) is 20.3. The van der Waals surface area contributed by atoms with Gasteiger partial charge in [0, 0.05) is 44.1 Å². The van der Waals surface area contributed by atoms with Crippen molar-refractivity contribution in [3.05, 3.63) is 59.7 Å². The highest BCUT2D eigenvalue weighted by Crippen LogP contribution is 2.20. The van der Waals surface area contributed by atoms with Gasteiger partial charge in [0.2, 0.25) is 0 Å². The molecule has 3 rings (SSSR count). The van der Waals surface area contributed by atoms with Gasteiger partial charge in [-0.15, -0.1) is 0 Å². The molecule has 7 nitrogen and oxygen atoms in total. The average Bonchev–Trinajstić information content (AvgIpc) is 2.68. The molecule has 2 heterocycles. The number of ether oxygens (including phenoxy) is 1. The van der Waals surface area contributed by atoms with Crippen LogP contribution in [0.25, 0.3) is 0 Å². The van der Waals surface area contributed by atoms with Crippen LogP contribution in [0.3, 0.4) is 0 Å². The van der Waals surface area contributed by atoms with Gasteiger partial charge < -0.3 is 9.64 Å². The van der Waals surface area contributed by atoms with Crippen LogP contribution in [-0.2, 0) is 11.3 Å². The highest BCUT2D eigenvalue weighted by atomic mass is 16.5. The van der Waals surface area contributed by atoms with Crippen LogP contribution in [0, 0.1) is 0 Å². The topological polar surface area (TPSA) is 75.6 Å². The lowest BCUT2D eigenvalue weighted by Crippen LogP contribution is -2.58. The van der Waals surface area contributed by atoms with Crippen LogP contribution < -0.4 is 0 Å². The summed E-state index contributed by atoms with van der Waals surface area (Å²) in [6.45, 7) is 6.42. The van der Waals surface area contributed by atoms with Gasteiger partial charge in [-0.1, -0.05) is 12.1 Å². The molecule has 0 saturated carbocycles. The first kappa shape index (κ1) is 19.0. The Hall–Kier alpha value is -2.80. The van der Waals surface area contributed by atoms with E-state index in [4.69, 9.17) is 4.74 Å². The number of methoxy groups -OCH3 is 1. The average molecular weight is 368 g/mol. The van der Waals surface area contributed by atoms with Crippen molar-refractivity contribution in [2.75, 3.05) is 20.2 Å². The van der Waals surface area contributed by atoms with Crippen molar-refractivity contribution in [3.8, 4) is 0 Å². The fourth-order valence-electron chi connectivity index (χ4n) is 3.63. The van der Waals surface area contributed by atoms with Gasteiger partial charge in [-0.2, -0.15) is 0 Å². The molecule has 27 heavy (non-hydrogen) atoms. The molecule has 1 saturated heterocycles. The number of piperazine rings is 1. The first-order valence-electron chi connectivity index (χ1n) is 8.98. The molecule has 1 fully saturated rings. The largest absolute Gasteiger partial charge is 0.465 e. The Morgan fingerprint density at radius 2 is 1.78 bits per heavy atom. The second kappa shape index (κ2) is 8.26. The van der Waals surface area contributed by atoms with Gasteiger partial charge in [0.05, 0.1) is 18.9 Å². The number of hydrogen-bond donors (Lipinski definition) is 0. The third-order valence-corrected chi connectivity index (χ3v) is 4.79. The van der Waals surface area contributed by atoms with Gasteiger partial charge in [-0.3, -0.25) is 14.7 Å². The number of hydrogen-bond acceptors (Lipinski definition) is 6. The lowest BCUT2D eigenvalue weighted by Gasteiger charge is -2.44. The van der Waals surface area contributed by atoms with E-state index < -0.39 is 0 Å². The number of amides is 1. The molecular weight excluding hydrogens is 344 g/mol. The lowest BCUT2D eigenvalue weighted by atomic mass is 10.1. The third kappa shape index (κ3) is 4.31. The zero-order valence-electron chi connectivity index (χ0n) is 15.8. The van der Waals surface area contributed by atoms with Gasteiger partial charge in [-0.05, 0) is 31.5 Å². The van der Waals surface area contributed by atoms with Gasteiger partial charge in [0.15, 0.2) is 0 Å². The van der Waals surface area contributed by atoms with Crippen molar-refractivity contribution >= 4 is 11.9 Å². The van der Waals surface area contributed by atoms with Crippen molar-refractivity contribution in [2.45, 2.75) is 32.5 Å². The van der Waals surface area contributed by atoms with Crippen LogP contribution in [-0.4, -0.2) is 63.9 Å². The minimum absolute atomic E-state index is 0.0672. The highest BCUT2D eigenvalue weighted by molar-refractivity contribution is 5.92. The molecule has 1 aromatic carbocycles. The zero-order chi connectivity index (χ0) is 19.4. The van der Waals surface area contributed by atoms with Crippen LogP contribution in [0.1, 0.15) is 40.3 Å². The molecule has 0 aliphatic carbocycles. The molecule has 7 heteroatoms. The first-order valence-corrected chi connectivity index (χ1v) is 8.98. The minimum atomic E-state index is -0.333. The molecule has 0 bridgehead atoms. The minimum Gasteiger partial charge on any atom is -0.465 e. The summed E-state index contributed by atoms with van der Waals surface area (Å²) in [5, 5.41) is 0. The SMILES string of the molecule is COC(=O)c1ccc(CN2C[C@@H](C)N(C(=O)c3cnccn3)[C@@H](C)C2)cc1. The van der Waals surface area contributed by atoms with Crippen LogP contribution >= 0.6 is 0 Å². The van der Waals surface area contributed by atoms with E-state index in [-0.39, 0.29) is 24.0 Å². The fourth-order valence-corrected chi connectivity index (χ4v) is 3.63. The van der Waals surface area contributed by atoms with Gasteiger partial charge in [0.1, 0.15) is 5.69 Å². The fraction of sp³-hybridized carbons (Fsp3) is 0.400. The second-order valence-corrected chi connectivity index (χ2v) is 6.88. The molecule has 1 amide bonds. The number of carbonyl (C=O) groups is 2. The molecule has 2 aromatic rings.